The SMILES string of the molecule is Nc1ccc(C(=O)c2ccccc2OCCC2CCCCN2)cc1N. The van der Waals surface area contributed by atoms with E-state index in [-0.39, 0.29) is 5.78 Å². The van der Waals surface area contributed by atoms with Crippen LogP contribution in [0.5, 0.6) is 5.75 Å². The van der Waals surface area contributed by atoms with Gasteiger partial charge in [-0.3, -0.25) is 4.79 Å². The summed E-state index contributed by atoms with van der Waals surface area (Å²) >= 11 is 0. The summed E-state index contributed by atoms with van der Waals surface area (Å²) < 4.78 is 5.92. The number of ether oxygens (including phenoxy) is 1. The molecule has 5 N–H and O–H groups in total. The second-order valence-corrected chi connectivity index (χ2v) is 6.45. The van der Waals surface area contributed by atoms with E-state index in [0.29, 0.717) is 40.9 Å². The molecule has 5 nitrogen and oxygen atoms in total. The summed E-state index contributed by atoms with van der Waals surface area (Å²) in [6.45, 7) is 1.67. The summed E-state index contributed by atoms with van der Waals surface area (Å²) in [5.74, 6) is 0.497. The zero-order chi connectivity index (χ0) is 17.6. The van der Waals surface area contributed by atoms with Crippen LogP contribution < -0.4 is 21.5 Å². The summed E-state index contributed by atoms with van der Waals surface area (Å²) in [6.07, 6.45) is 4.65. The predicted molar refractivity (Wildman–Crippen MR) is 101 cm³/mol. The molecule has 0 radical (unpaired) electrons. The fraction of sp³-hybridized carbons (Fsp3) is 0.350. The Kier molecular flexibility index (Phi) is 5.56. The van der Waals surface area contributed by atoms with Crippen LogP contribution in [0.3, 0.4) is 0 Å². The lowest BCUT2D eigenvalue weighted by Crippen LogP contribution is -2.35. The molecule has 25 heavy (non-hydrogen) atoms. The van der Waals surface area contributed by atoms with Gasteiger partial charge in [0.1, 0.15) is 5.75 Å². The highest BCUT2D eigenvalue weighted by atomic mass is 16.5. The first-order valence-electron chi connectivity index (χ1n) is 8.80. The maximum Gasteiger partial charge on any atom is 0.196 e. The highest BCUT2D eigenvalue weighted by Crippen LogP contribution is 2.24. The van der Waals surface area contributed by atoms with E-state index >= 15 is 0 Å². The molecule has 132 valence electrons. The van der Waals surface area contributed by atoms with Crippen LogP contribution in [0.4, 0.5) is 11.4 Å². The molecule has 2 aromatic rings. The topological polar surface area (TPSA) is 90.4 Å². The Morgan fingerprint density at radius 2 is 1.96 bits per heavy atom. The highest BCUT2D eigenvalue weighted by molar-refractivity contribution is 6.11. The summed E-state index contributed by atoms with van der Waals surface area (Å²) in [5, 5.41) is 3.51. The average molecular weight is 339 g/mol. The predicted octanol–water partition coefficient (Wildman–Crippen LogP) is 2.99. The number of hydrogen-bond donors (Lipinski definition) is 3. The Balaban J connectivity index is 1.69. The number of carbonyl (C=O) groups is 1. The van der Waals surface area contributed by atoms with Crippen molar-refractivity contribution in [1.82, 2.24) is 5.32 Å². The molecule has 1 aliphatic heterocycles. The van der Waals surface area contributed by atoms with Gasteiger partial charge in [-0.05, 0) is 56.1 Å². The third-order valence-electron chi connectivity index (χ3n) is 4.62. The Labute approximate surface area is 148 Å². The Bertz CT molecular complexity index is 739. The largest absolute Gasteiger partial charge is 0.493 e. The molecule has 2 aromatic carbocycles. The van der Waals surface area contributed by atoms with Crippen molar-refractivity contribution in [1.29, 1.82) is 0 Å². The third kappa shape index (κ3) is 4.31. The van der Waals surface area contributed by atoms with Crippen LogP contribution in [0.15, 0.2) is 42.5 Å². The van der Waals surface area contributed by atoms with E-state index < -0.39 is 0 Å². The van der Waals surface area contributed by atoms with Gasteiger partial charge in [-0.25, -0.2) is 0 Å². The number of anilines is 2. The molecule has 1 heterocycles. The van der Waals surface area contributed by atoms with Gasteiger partial charge in [-0.15, -0.1) is 0 Å². The van der Waals surface area contributed by atoms with Crippen LogP contribution in [-0.4, -0.2) is 25.0 Å². The second kappa shape index (κ2) is 8.03. The van der Waals surface area contributed by atoms with Gasteiger partial charge in [0.25, 0.3) is 0 Å². The van der Waals surface area contributed by atoms with Crippen LogP contribution in [0.25, 0.3) is 0 Å². The smallest absolute Gasteiger partial charge is 0.196 e. The zero-order valence-corrected chi connectivity index (χ0v) is 14.3. The maximum absolute atomic E-state index is 12.8. The minimum Gasteiger partial charge on any atom is -0.493 e. The van der Waals surface area contributed by atoms with Crippen LogP contribution in [0.1, 0.15) is 41.6 Å². The quantitative estimate of drug-likeness (QED) is 0.556. The van der Waals surface area contributed by atoms with E-state index in [0.717, 1.165) is 13.0 Å². The lowest BCUT2D eigenvalue weighted by atomic mass is 10.0. The van der Waals surface area contributed by atoms with Gasteiger partial charge >= 0.3 is 0 Å². The van der Waals surface area contributed by atoms with Crippen molar-refractivity contribution in [2.75, 3.05) is 24.6 Å². The molecule has 1 atom stereocenters. The van der Waals surface area contributed by atoms with E-state index in [2.05, 4.69) is 5.32 Å². The first kappa shape index (κ1) is 17.3. The fourth-order valence-electron chi connectivity index (χ4n) is 3.13. The monoisotopic (exact) mass is 339 g/mol. The normalized spacial score (nSPS) is 17.2. The number of benzene rings is 2. The molecule has 0 aromatic heterocycles. The van der Waals surface area contributed by atoms with Gasteiger partial charge < -0.3 is 21.5 Å². The number of para-hydroxylation sites is 1. The van der Waals surface area contributed by atoms with Crippen LogP contribution >= 0.6 is 0 Å². The average Bonchev–Trinajstić information content (AvgIpc) is 2.65. The fourth-order valence-corrected chi connectivity index (χ4v) is 3.13. The molecule has 5 heteroatoms. The van der Waals surface area contributed by atoms with Gasteiger partial charge in [-0.2, -0.15) is 0 Å². The first-order chi connectivity index (χ1) is 12.1. The first-order valence-corrected chi connectivity index (χ1v) is 8.80. The van der Waals surface area contributed by atoms with Crippen molar-refractivity contribution in [3.63, 3.8) is 0 Å². The van der Waals surface area contributed by atoms with E-state index in [1.54, 1.807) is 24.3 Å². The lowest BCUT2D eigenvalue weighted by molar-refractivity contribution is 0.103. The van der Waals surface area contributed by atoms with Gasteiger partial charge in [-0.1, -0.05) is 18.6 Å². The van der Waals surface area contributed by atoms with Gasteiger partial charge in [0.2, 0.25) is 0 Å². The van der Waals surface area contributed by atoms with Crippen molar-refractivity contribution in [3.8, 4) is 5.75 Å². The van der Waals surface area contributed by atoms with Crippen molar-refractivity contribution in [2.24, 2.45) is 0 Å². The van der Waals surface area contributed by atoms with Crippen molar-refractivity contribution >= 4 is 17.2 Å². The molecule has 0 amide bonds. The lowest BCUT2D eigenvalue weighted by Gasteiger charge is -2.23. The Morgan fingerprint density at radius 3 is 2.72 bits per heavy atom. The van der Waals surface area contributed by atoms with Crippen molar-refractivity contribution < 1.29 is 9.53 Å². The standard InChI is InChI=1S/C20H25N3O2/c21-17-9-8-14(13-18(17)22)20(24)16-6-1-2-7-19(16)25-12-10-15-5-3-4-11-23-15/h1-2,6-9,13,15,23H,3-5,10-12,21-22H2. The molecule has 1 saturated heterocycles. The molecule has 0 spiro atoms. The van der Waals surface area contributed by atoms with E-state index in [9.17, 15) is 4.79 Å². The molecule has 3 rings (SSSR count). The van der Waals surface area contributed by atoms with Crippen LogP contribution in [0, 0.1) is 0 Å². The number of nitrogens with one attached hydrogen (secondary N) is 1. The van der Waals surface area contributed by atoms with E-state index in [1.165, 1.54) is 19.3 Å². The number of carbonyl (C=O) groups excluding carboxylic acids is 1. The summed E-state index contributed by atoms with van der Waals surface area (Å²) in [6, 6.07) is 12.8. The molecule has 0 saturated carbocycles. The second-order valence-electron chi connectivity index (χ2n) is 6.45. The summed E-state index contributed by atoms with van der Waals surface area (Å²) in [7, 11) is 0. The zero-order valence-electron chi connectivity index (χ0n) is 14.3. The van der Waals surface area contributed by atoms with Crippen molar-refractivity contribution in [3.05, 3.63) is 53.6 Å². The third-order valence-corrected chi connectivity index (χ3v) is 4.62. The van der Waals surface area contributed by atoms with E-state index in [4.69, 9.17) is 16.2 Å². The number of piperidine rings is 1. The highest BCUT2D eigenvalue weighted by Gasteiger charge is 2.16. The summed E-state index contributed by atoms with van der Waals surface area (Å²) in [5.41, 5.74) is 13.5. The molecule has 1 unspecified atom stereocenters. The number of nitrogens with two attached hydrogens (primary N) is 2. The number of hydrogen-bond acceptors (Lipinski definition) is 5. The molecule has 1 aliphatic rings. The molecular weight excluding hydrogens is 314 g/mol. The van der Waals surface area contributed by atoms with Crippen LogP contribution in [0.2, 0.25) is 0 Å². The summed E-state index contributed by atoms with van der Waals surface area (Å²) in [4.78, 5) is 12.8. The van der Waals surface area contributed by atoms with Gasteiger partial charge in [0.15, 0.2) is 5.78 Å². The number of rotatable bonds is 6. The van der Waals surface area contributed by atoms with Crippen molar-refractivity contribution in [2.45, 2.75) is 31.7 Å². The minimum absolute atomic E-state index is 0.113. The maximum atomic E-state index is 12.8. The molecule has 0 aliphatic carbocycles. The number of ketones is 1. The van der Waals surface area contributed by atoms with Crippen LogP contribution in [-0.2, 0) is 0 Å². The van der Waals surface area contributed by atoms with E-state index in [1.807, 2.05) is 18.2 Å². The Morgan fingerprint density at radius 1 is 1.12 bits per heavy atom. The minimum atomic E-state index is -0.113. The van der Waals surface area contributed by atoms with Gasteiger partial charge in [0.05, 0.1) is 23.5 Å². The number of nitrogen functional groups attached to an aromatic ring is 2. The molecular formula is C20H25N3O2. The molecule has 1 fully saturated rings. The van der Waals surface area contributed by atoms with Gasteiger partial charge in [0, 0.05) is 11.6 Å². The molecule has 0 bridgehead atoms. The Hall–Kier alpha value is -2.53.